The number of para-hydroxylation sites is 1. The standard InChI is InChI=1S/C84H84N4O/c1-79(2,3)55-36-39-85-76(48-55)88-73-31-22-21-30-66(73)67-34-33-61(50-74(67)88)89-60-25-23-24-59(49-60)86-51-87-77-68(54-40-56(80(4,5)6)45-57(41-54)81(7,8)9)46-58(82(10,11)12)47-70(77)65-29-20-18-27-63(65)62-26-17-19-28-64(62)69-42-53(44-75(86)78(69)87)52-32-35-71-72(43-52)84(15,16)38-37-83(71,13)14/h17-36,39-50H,37-38H2,1-16H3/i13D3,14D3,15D3,16D3,17D,18D,19D,20D,26D,27D,28D,29D,32D,35D,37D2,38D2,43D. The van der Waals surface area contributed by atoms with Crippen LogP contribution >= 0.6 is 0 Å². The van der Waals surface area contributed by atoms with Gasteiger partial charge in [0, 0.05) is 45.0 Å². The van der Waals surface area contributed by atoms with Gasteiger partial charge in [0.1, 0.15) is 17.3 Å². The second-order valence-electron chi connectivity index (χ2n) is 27.7. The van der Waals surface area contributed by atoms with Crippen molar-refractivity contribution in [3.63, 3.8) is 0 Å². The Morgan fingerprint density at radius 1 is 0.494 bits per heavy atom. The number of rotatable bonds is 6. The van der Waals surface area contributed by atoms with Crippen LogP contribution in [-0.4, -0.2) is 14.1 Å². The molecule has 89 heavy (non-hydrogen) atoms. The molecule has 9 aromatic carbocycles. The summed E-state index contributed by atoms with van der Waals surface area (Å²) in [6, 6.07) is 25.4. The normalized spacial score (nSPS) is 20.7. The summed E-state index contributed by atoms with van der Waals surface area (Å²) in [6.07, 6.45) is -4.01. The van der Waals surface area contributed by atoms with Crippen molar-refractivity contribution in [2.75, 3.05) is 0 Å². The van der Waals surface area contributed by atoms with Gasteiger partial charge in [-0.05, 0) is 189 Å². The van der Waals surface area contributed by atoms with Crippen molar-refractivity contribution < 1.29 is 46.3 Å². The molecule has 12 aromatic rings. The van der Waals surface area contributed by atoms with Gasteiger partial charge in [0.15, 0.2) is 0 Å². The minimum Gasteiger partial charge on any atom is -0.458 e. The Morgan fingerprint density at radius 2 is 1.09 bits per heavy atom. The zero-order chi connectivity index (χ0) is 85.6. The van der Waals surface area contributed by atoms with Gasteiger partial charge < -0.3 is 4.74 Å². The summed E-state index contributed by atoms with van der Waals surface area (Å²) in [6.45, 7) is 6.86. The lowest BCUT2D eigenvalue weighted by Gasteiger charge is -2.42. The lowest BCUT2D eigenvalue weighted by molar-refractivity contribution is -0.570. The van der Waals surface area contributed by atoms with Gasteiger partial charge in [0.25, 0.3) is 6.33 Å². The van der Waals surface area contributed by atoms with E-state index in [1.165, 1.54) is 10.6 Å². The van der Waals surface area contributed by atoms with Crippen LogP contribution in [0.2, 0.25) is 0 Å². The van der Waals surface area contributed by atoms with E-state index in [0.29, 0.717) is 28.3 Å². The summed E-state index contributed by atoms with van der Waals surface area (Å²) in [5, 5.41) is 1.81. The second-order valence-corrected chi connectivity index (χ2v) is 27.7. The molecule has 3 aromatic heterocycles. The molecule has 0 atom stereocenters. The minimum absolute atomic E-state index is 0.0688. The van der Waals surface area contributed by atoms with E-state index in [9.17, 15) is 28.8 Å². The van der Waals surface area contributed by atoms with Crippen LogP contribution in [0.1, 0.15) is 194 Å². The van der Waals surface area contributed by atoms with Crippen LogP contribution in [0.15, 0.2) is 194 Å². The summed E-state index contributed by atoms with van der Waals surface area (Å²) in [5.41, 5.74) is -12.0. The predicted molar refractivity (Wildman–Crippen MR) is 373 cm³/mol. The average molecular weight is 1190 g/mol. The maximum absolute atomic E-state index is 10.6. The largest absolute Gasteiger partial charge is 0.458 e. The molecule has 446 valence electrons. The van der Waals surface area contributed by atoms with Crippen LogP contribution in [0.3, 0.4) is 0 Å². The Hall–Kier alpha value is -8.80. The molecule has 0 saturated carbocycles. The van der Waals surface area contributed by atoms with Gasteiger partial charge in [-0.1, -0.05) is 238 Å². The summed E-state index contributed by atoms with van der Waals surface area (Å²) in [5.74, 6) is 1.17. The fraction of sp³-hybridized carbons (Fsp3) is 0.286. The Balaban J connectivity index is 1.21. The fourth-order valence-electron chi connectivity index (χ4n) is 12.2. The lowest BCUT2D eigenvalue weighted by atomic mass is 9.63. The quantitative estimate of drug-likeness (QED) is 0.123. The predicted octanol–water partition coefficient (Wildman–Crippen LogP) is 22.2. The van der Waals surface area contributed by atoms with Crippen molar-refractivity contribution in [1.82, 2.24) is 14.1 Å². The van der Waals surface area contributed by atoms with E-state index in [0.717, 1.165) is 44.6 Å². The number of nitrogens with zero attached hydrogens (tertiary/aromatic N) is 4. The first kappa shape index (κ1) is 34.8. The molecule has 0 bridgehead atoms. The van der Waals surface area contributed by atoms with Crippen LogP contribution < -0.4 is 9.30 Å². The summed E-state index contributed by atoms with van der Waals surface area (Å²) in [7, 11) is 0. The van der Waals surface area contributed by atoms with E-state index < -0.39 is 173 Å². The van der Waals surface area contributed by atoms with E-state index in [2.05, 4.69) is 74.7 Å². The van der Waals surface area contributed by atoms with Crippen molar-refractivity contribution in [2.45, 2.75) is 156 Å². The summed E-state index contributed by atoms with van der Waals surface area (Å²) in [4.78, 5) is 4.87. The van der Waals surface area contributed by atoms with Crippen LogP contribution in [0.5, 0.6) is 11.5 Å². The van der Waals surface area contributed by atoms with Crippen LogP contribution in [-0.2, 0) is 32.5 Å². The van der Waals surface area contributed by atoms with Gasteiger partial charge in [-0.15, -0.1) is 0 Å². The monoisotopic (exact) mass is 1190 g/mol. The highest BCUT2D eigenvalue weighted by molar-refractivity contribution is 6.10. The number of imidazole rings is 1. The lowest BCUT2D eigenvalue weighted by Crippen LogP contribution is -2.33. The first-order valence-corrected chi connectivity index (χ1v) is 29.8. The zero-order valence-electron chi connectivity index (χ0n) is 78.8. The van der Waals surface area contributed by atoms with Crippen molar-refractivity contribution in [3.8, 4) is 84.3 Å². The molecule has 0 N–H and O–H groups in total. The fourth-order valence-corrected chi connectivity index (χ4v) is 12.2. The molecular weight excluding hydrogens is 1080 g/mol. The zero-order valence-corrected chi connectivity index (χ0v) is 51.8. The van der Waals surface area contributed by atoms with Gasteiger partial charge in [0.05, 0.1) is 48.5 Å². The number of hydrogen-bond acceptors (Lipinski definition) is 2. The van der Waals surface area contributed by atoms with Gasteiger partial charge >= 0.3 is 0 Å². The van der Waals surface area contributed by atoms with Crippen molar-refractivity contribution in [3.05, 3.63) is 234 Å². The van der Waals surface area contributed by atoms with E-state index in [4.69, 9.17) is 17.9 Å². The van der Waals surface area contributed by atoms with Crippen molar-refractivity contribution in [2.24, 2.45) is 0 Å². The number of aromatic nitrogens is 4. The third-order valence-electron chi connectivity index (χ3n) is 17.2. The van der Waals surface area contributed by atoms with E-state index in [1.54, 1.807) is 47.2 Å². The van der Waals surface area contributed by atoms with Crippen molar-refractivity contribution in [1.29, 1.82) is 0 Å². The number of benzene rings is 9. The molecule has 0 unspecified atom stereocenters. The van der Waals surface area contributed by atoms with E-state index in [-0.39, 0.29) is 50.3 Å². The Kier molecular flexibility index (Phi) is 7.97. The second kappa shape index (κ2) is 20.4. The average Bonchev–Trinajstić information content (AvgIpc) is 0.715. The van der Waals surface area contributed by atoms with Crippen LogP contribution in [0.4, 0.5) is 0 Å². The van der Waals surface area contributed by atoms with Gasteiger partial charge in [-0.25, -0.2) is 4.98 Å². The number of fused-ring (bicyclic) bond motifs is 11. The molecule has 0 spiro atoms. The first-order chi connectivity index (χ1) is 53.2. The van der Waals surface area contributed by atoms with E-state index in [1.807, 2.05) is 92.1 Å². The molecule has 2 aliphatic rings. The number of ether oxygens (including phenoxy) is 1. The van der Waals surface area contributed by atoms with Gasteiger partial charge in [0.2, 0.25) is 0 Å². The third-order valence-corrected chi connectivity index (χ3v) is 17.2. The molecule has 1 aliphatic carbocycles. The topological polar surface area (TPSA) is 35.9 Å². The molecule has 0 fully saturated rings. The molecular formula is C84H84N4O. The molecule has 14 rings (SSSR count). The SMILES string of the molecule is [2H]c1c([2H])c([2H])c2c(c1[2H])-c1cc(C(C)(C)C)cc(-c3cc(C(C)(C)C)cc(C(C)(C)C)c3)c1-[n+]1[c-]n(-c3cccc(Oc4ccc5c6ccccc6n(-c6cc(C(C)(C)C)ccn6)c5c4)c3)c3cc(-c4c([2H])c([2H])c5c(c4[2H])C(C([2H])([2H])[2H])(C([2H])([2H])[2H])C([2H])([2H])C([2H])([2H])C5(C([2H])([2H])[2H])C([2H])([2H])[2H])cc(c31)-c1c([2H])c([2H])c([2H])c([2H])c1-2. The molecule has 5 heteroatoms. The maximum atomic E-state index is 10.6. The van der Waals surface area contributed by atoms with Gasteiger partial charge in [-0.3, -0.25) is 13.7 Å². The van der Waals surface area contributed by atoms with E-state index >= 15 is 0 Å². The number of hydrogen-bond donors (Lipinski definition) is 0. The third kappa shape index (κ3) is 10.0. The molecule has 4 heterocycles. The summed E-state index contributed by atoms with van der Waals surface area (Å²) >= 11 is 0. The minimum atomic E-state index is -4.70. The maximum Gasteiger partial charge on any atom is 0.269 e. The van der Waals surface area contributed by atoms with Crippen LogP contribution in [0.25, 0.3) is 106 Å². The molecule has 0 radical (unpaired) electrons. The molecule has 0 amide bonds. The Labute approximate surface area is 565 Å². The molecule has 0 saturated heterocycles. The van der Waals surface area contributed by atoms with Crippen LogP contribution in [0, 0.1) is 6.33 Å². The Morgan fingerprint density at radius 3 is 1.75 bits per heavy atom. The molecule has 5 nitrogen and oxygen atoms in total. The van der Waals surface area contributed by atoms with Gasteiger partial charge in [-0.2, -0.15) is 0 Å². The first-order valence-electron chi connectivity index (χ1n) is 43.3. The van der Waals surface area contributed by atoms with Crippen molar-refractivity contribution >= 4 is 32.8 Å². The Bertz CT molecular complexity index is 6140. The summed E-state index contributed by atoms with van der Waals surface area (Å²) < 4.78 is 270. The smallest absolute Gasteiger partial charge is 0.269 e. The highest BCUT2D eigenvalue weighted by Crippen LogP contribution is 2.51. The number of pyridine rings is 1. The highest BCUT2D eigenvalue weighted by Gasteiger charge is 2.38. The molecule has 1 aliphatic heterocycles. The highest BCUT2D eigenvalue weighted by atomic mass is 16.5.